The van der Waals surface area contributed by atoms with E-state index in [9.17, 15) is 18.0 Å². The number of carbonyl (C=O) groups excluding carboxylic acids is 1. The lowest BCUT2D eigenvalue weighted by Crippen LogP contribution is -2.18. The van der Waals surface area contributed by atoms with Crippen molar-refractivity contribution < 1.29 is 22.7 Å². The number of hydrogen-bond acceptors (Lipinski definition) is 5. The number of halogens is 3. The van der Waals surface area contributed by atoms with Gasteiger partial charge in [0.05, 0.1) is 18.4 Å². The van der Waals surface area contributed by atoms with Crippen molar-refractivity contribution in [1.29, 1.82) is 0 Å². The standard InChI is InChI=1S/C10H8F3N5O2/c1-20-5-2-3-7(6(4-5)10(11,12)13)14-9(19)8-15-17-18-16-8/h2-4H,1H3,(H,14,19)(H,15,16,17,18). The Labute approximate surface area is 110 Å². The number of tetrazole rings is 1. The molecular formula is C10H8F3N5O2. The summed E-state index contributed by atoms with van der Waals surface area (Å²) in [6.45, 7) is 0. The molecule has 0 spiro atoms. The van der Waals surface area contributed by atoms with Crippen molar-refractivity contribution in [2.75, 3.05) is 12.4 Å². The Morgan fingerprint density at radius 3 is 2.70 bits per heavy atom. The molecule has 0 aliphatic heterocycles. The number of nitrogens with zero attached hydrogens (tertiary/aromatic N) is 3. The summed E-state index contributed by atoms with van der Waals surface area (Å²) in [7, 11) is 1.24. The van der Waals surface area contributed by atoms with Crippen LogP contribution in [0.2, 0.25) is 0 Å². The highest BCUT2D eigenvalue weighted by atomic mass is 19.4. The van der Waals surface area contributed by atoms with Crippen molar-refractivity contribution in [3.05, 3.63) is 29.6 Å². The summed E-state index contributed by atoms with van der Waals surface area (Å²) in [5.41, 5.74) is -1.46. The molecule has 1 amide bonds. The minimum Gasteiger partial charge on any atom is -0.497 e. The molecule has 0 fully saturated rings. The first-order chi connectivity index (χ1) is 9.41. The highest BCUT2D eigenvalue weighted by Gasteiger charge is 2.34. The van der Waals surface area contributed by atoms with E-state index in [4.69, 9.17) is 4.74 Å². The van der Waals surface area contributed by atoms with Crippen LogP contribution in [0.1, 0.15) is 16.2 Å². The third kappa shape index (κ3) is 2.84. The smallest absolute Gasteiger partial charge is 0.418 e. The van der Waals surface area contributed by atoms with Gasteiger partial charge in [0.25, 0.3) is 11.7 Å². The summed E-state index contributed by atoms with van der Waals surface area (Å²) in [4.78, 5) is 11.6. The second kappa shape index (κ2) is 5.15. The maximum atomic E-state index is 12.9. The minimum atomic E-state index is -4.64. The van der Waals surface area contributed by atoms with Crippen LogP contribution in [0.3, 0.4) is 0 Å². The van der Waals surface area contributed by atoms with E-state index in [1.807, 2.05) is 5.21 Å². The number of rotatable bonds is 3. The topological polar surface area (TPSA) is 92.8 Å². The highest BCUT2D eigenvalue weighted by molar-refractivity contribution is 6.01. The molecule has 2 aromatic rings. The Bertz CT molecular complexity index is 612. The number of anilines is 1. The fraction of sp³-hybridized carbons (Fsp3) is 0.200. The molecule has 20 heavy (non-hydrogen) atoms. The molecule has 0 saturated heterocycles. The number of alkyl halides is 3. The maximum Gasteiger partial charge on any atom is 0.418 e. The van der Waals surface area contributed by atoms with Crippen LogP contribution in [0, 0.1) is 0 Å². The fourth-order valence-corrected chi connectivity index (χ4v) is 1.43. The van der Waals surface area contributed by atoms with Crippen molar-refractivity contribution in [2.45, 2.75) is 6.18 Å². The molecule has 10 heteroatoms. The van der Waals surface area contributed by atoms with E-state index in [0.717, 1.165) is 12.1 Å². The zero-order valence-corrected chi connectivity index (χ0v) is 10.0. The normalized spacial score (nSPS) is 11.2. The molecule has 7 nitrogen and oxygen atoms in total. The minimum absolute atomic E-state index is 0.0230. The maximum absolute atomic E-state index is 12.9. The van der Waals surface area contributed by atoms with E-state index >= 15 is 0 Å². The van der Waals surface area contributed by atoms with Crippen LogP contribution in [-0.4, -0.2) is 33.6 Å². The SMILES string of the molecule is COc1ccc(NC(=O)c2nn[nH]n2)c(C(F)(F)F)c1. The van der Waals surface area contributed by atoms with Crippen LogP contribution in [0.15, 0.2) is 18.2 Å². The summed E-state index contributed by atoms with van der Waals surface area (Å²) in [6, 6.07) is 3.16. The largest absolute Gasteiger partial charge is 0.497 e. The van der Waals surface area contributed by atoms with E-state index in [-0.39, 0.29) is 11.6 Å². The molecule has 0 aliphatic carbocycles. The number of amides is 1. The highest BCUT2D eigenvalue weighted by Crippen LogP contribution is 2.37. The number of hydrogen-bond donors (Lipinski definition) is 2. The van der Waals surface area contributed by atoms with Gasteiger partial charge in [-0.05, 0) is 23.4 Å². The Morgan fingerprint density at radius 1 is 1.40 bits per heavy atom. The van der Waals surface area contributed by atoms with Gasteiger partial charge < -0.3 is 10.1 Å². The molecule has 0 unspecified atom stereocenters. The first-order valence-corrected chi connectivity index (χ1v) is 5.22. The van der Waals surface area contributed by atoms with E-state index < -0.39 is 23.3 Å². The van der Waals surface area contributed by atoms with Crippen LogP contribution in [0.4, 0.5) is 18.9 Å². The number of nitrogens with one attached hydrogen (secondary N) is 2. The van der Waals surface area contributed by atoms with Gasteiger partial charge in [0, 0.05) is 0 Å². The Kier molecular flexibility index (Phi) is 3.55. The first-order valence-electron chi connectivity index (χ1n) is 5.22. The summed E-state index contributed by atoms with van der Waals surface area (Å²) in [5, 5.41) is 14.0. The molecule has 106 valence electrons. The number of benzene rings is 1. The average molecular weight is 287 g/mol. The van der Waals surface area contributed by atoms with Gasteiger partial charge in [-0.25, -0.2) is 0 Å². The third-order valence-electron chi connectivity index (χ3n) is 2.33. The molecule has 2 N–H and O–H groups in total. The number of carbonyl (C=O) groups is 1. The van der Waals surface area contributed by atoms with Gasteiger partial charge in [0.15, 0.2) is 0 Å². The van der Waals surface area contributed by atoms with Gasteiger partial charge in [0.2, 0.25) is 0 Å². The van der Waals surface area contributed by atoms with Crippen LogP contribution < -0.4 is 10.1 Å². The lowest BCUT2D eigenvalue weighted by Gasteiger charge is -2.14. The molecule has 1 heterocycles. The zero-order chi connectivity index (χ0) is 14.8. The van der Waals surface area contributed by atoms with E-state index in [0.29, 0.717) is 0 Å². The molecule has 0 aliphatic rings. The van der Waals surface area contributed by atoms with Crippen LogP contribution in [0.25, 0.3) is 0 Å². The van der Waals surface area contributed by atoms with E-state index in [2.05, 4.69) is 20.7 Å². The molecule has 0 bridgehead atoms. The van der Waals surface area contributed by atoms with Gasteiger partial charge >= 0.3 is 6.18 Å². The zero-order valence-electron chi connectivity index (χ0n) is 10.0. The number of aromatic amines is 1. The number of H-pyrrole nitrogens is 1. The molecule has 0 saturated carbocycles. The van der Waals surface area contributed by atoms with Crippen molar-refractivity contribution in [3.8, 4) is 5.75 Å². The quantitative estimate of drug-likeness (QED) is 0.892. The number of methoxy groups -OCH3 is 1. The summed E-state index contributed by atoms with van der Waals surface area (Å²) < 4.78 is 43.4. The molecular weight excluding hydrogens is 279 g/mol. The second-order valence-electron chi connectivity index (χ2n) is 3.60. The summed E-state index contributed by atoms with van der Waals surface area (Å²) in [5.74, 6) is -1.25. The lowest BCUT2D eigenvalue weighted by atomic mass is 10.1. The number of aromatic nitrogens is 4. The average Bonchev–Trinajstić information content (AvgIpc) is 2.91. The molecule has 1 aromatic carbocycles. The summed E-state index contributed by atoms with van der Waals surface area (Å²) in [6.07, 6.45) is -4.64. The Hall–Kier alpha value is -2.65. The van der Waals surface area contributed by atoms with Crippen LogP contribution in [0.5, 0.6) is 5.75 Å². The van der Waals surface area contributed by atoms with Gasteiger partial charge in [-0.2, -0.15) is 18.4 Å². The molecule has 1 aromatic heterocycles. The monoisotopic (exact) mass is 287 g/mol. The van der Waals surface area contributed by atoms with Crippen molar-refractivity contribution in [3.63, 3.8) is 0 Å². The predicted molar refractivity (Wildman–Crippen MR) is 60.1 cm³/mol. The van der Waals surface area contributed by atoms with Gasteiger partial charge in [-0.3, -0.25) is 4.79 Å². The number of ether oxygens (including phenoxy) is 1. The van der Waals surface area contributed by atoms with E-state index in [1.165, 1.54) is 13.2 Å². The van der Waals surface area contributed by atoms with Gasteiger partial charge in [0.1, 0.15) is 5.75 Å². The van der Waals surface area contributed by atoms with Crippen molar-refractivity contribution in [2.24, 2.45) is 0 Å². The molecule has 0 radical (unpaired) electrons. The molecule has 2 rings (SSSR count). The van der Waals surface area contributed by atoms with Crippen LogP contribution in [-0.2, 0) is 6.18 Å². The lowest BCUT2D eigenvalue weighted by molar-refractivity contribution is -0.137. The third-order valence-corrected chi connectivity index (χ3v) is 2.33. The predicted octanol–water partition coefficient (Wildman–Crippen LogP) is 1.48. The van der Waals surface area contributed by atoms with Crippen LogP contribution >= 0.6 is 0 Å². The van der Waals surface area contributed by atoms with Crippen molar-refractivity contribution in [1.82, 2.24) is 20.6 Å². The Morgan fingerprint density at radius 2 is 2.15 bits per heavy atom. The van der Waals surface area contributed by atoms with Gasteiger partial charge in [-0.1, -0.05) is 0 Å². The van der Waals surface area contributed by atoms with Crippen molar-refractivity contribution >= 4 is 11.6 Å². The summed E-state index contributed by atoms with van der Waals surface area (Å²) >= 11 is 0. The van der Waals surface area contributed by atoms with Gasteiger partial charge in [-0.15, -0.1) is 10.2 Å². The second-order valence-corrected chi connectivity index (χ2v) is 3.60. The fourth-order valence-electron chi connectivity index (χ4n) is 1.43. The Balaban J connectivity index is 2.34. The van der Waals surface area contributed by atoms with E-state index in [1.54, 1.807) is 0 Å². The molecule has 0 atom stereocenters. The first kappa shape index (κ1) is 13.8.